The van der Waals surface area contributed by atoms with Crippen molar-refractivity contribution < 1.29 is 9.53 Å². The molecule has 1 fully saturated rings. The molecule has 3 unspecified atom stereocenters. The second-order valence-corrected chi connectivity index (χ2v) is 5.82. The third-order valence-electron chi connectivity index (χ3n) is 3.89. The van der Waals surface area contributed by atoms with Gasteiger partial charge >= 0.3 is 0 Å². The van der Waals surface area contributed by atoms with Crippen molar-refractivity contribution in [2.45, 2.75) is 71.6 Å². The van der Waals surface area contributed by atoms with Crippen molar-refractivity contribution in [3.05, 3.63) is 0 Å². The van der Waals surface area contributed by atoms with E-state index < -0.39 is 0 Å². The maximum atomic E-state index is 12.6. The molecule has 1 aliphatic rings. The highest BCUT2D eigenvalue weighted by molar-refractivity contribution is 5.84. The summed E-state index contributed by atoms with van der Waals surface area (Å²) in [6.07, 6.45) is 4.23. The third-order valence-corrected chi connectivity index (χ3v) is 3.89. The van der Waals surface area contributed by atoms with Crippen molar-refractivity contribution in [3.63, 3.8) is 0 Å². The molecule has 0 radical (unpaired) electrons. The van der Waals surface area contributed by atoms with Crippen molar-refractivity contribution in [3.8, 4) is 0 Å². The van der Waals surface area contributed by atoms with Gasteiger partial charge in [-0.15, -0.1) is 0 Å². The molecule has 0 saturated carbocycles. The van der Waals surface area contributed by atoms with Gasteiger partial charge in [0.1, 0.15) is 0 Å². The van der Waals surface area contributed by atoms with Crippen molar-refractivity contribution in [2.24, 2.45) is 5.92 Å². The predicted molar refractivity (Wildman–Crippen MR) is 77.9 cm³/mol. The molecule has 4 heteroatoms. The predicted octanol–water partition coefficient (Wildman–Crippen LogP) is 2.38. The van der Waals surface area contributed by atoms with Crippen LogP contribution in [0, 0.1) is 5.92 Å². The number of ether oxygens (including phenoxy) is 1. The fourth-order valence-electron chi connectivity index (χ4n) is 2.87. The average molecular weight is 270 g/mol. The monoisotopic (exact) mass is 270 g/mol. The van der Waals surface area contributed by atoms with Crippen LogP contribution in [0.25, 0.3) is 0 Å². The van der Waals surface area contributed by atoms with Crippen molar-refractivity contribution >= 4 is 5.91 Å². The van der Waals surface area contributed by atoms with Crippen LogP contribution in [-0.4, -0.2) is 42.8 Å². The Hall–Kier alpha value is -0.610. The topological polar surface area (TPSA) is 41.6 Å². The van der Waals surface area contributed by atoms with Gasteiger partial charge in [-0.25, -0.2) is 0 Å². The SMILES string of the molecule is CCCC1NC(CCC)N(C(COC)C(C)C)C1=O. The van der Waals surface area contributed by atoms with Gasteiger partial charge in [0, 0.05) is 7.11 Å². The Morgan fingerprint density at radius 3 is 2.37 bits per heavy atom. The lowest BCUT2D eigenvalue weighted by atomic mass is 10.0. The fraction of sp³-hybridized carbons (Fsp3) is 0.933. The number of amides is 1. The van der Waals surface area contributed by atoms with Crippen LogP contribution in [0.15, 0.2) is 0 Å². The second kappa shape index (κ2) is 7.85. The van der Waals surface area contributed by atoms with E-state index in [1.54, 1.807) is 7.11 Å². The third kappa shape index (κ3) is 3.93. The summed E-state index contributed by atoms with van der Waals surface area (Å²) in [5, 5.41) is 3.51. The zero-order chi connectivity index (χ0) is 14.4. The number of carbonyl (C=O) groups excluding carboxylic acids is 1. The molecule has 4 nitrogen and oxygen atoms in total. The molecule has 0 aromatic rings. The van der Waals surface area contributed by atoms with Gasteiger partial charge in [-0.05, 0) is 18.8 Å². The first-order valence-corrected chi connectivity index (χ1v) is 7.63. The van der Waals surface area contributed by atoms with Crippen molar-refractivity contribution in [1.82, 2.24) is 10.2 Å². The highest BCUT2D eigenvalue weighted by Crippen LogP contribution is 2.24. The number of hydrogen-bond acceptors (Lipinski definition) is 3. The van der Waals surface area contributed by atoms with E-state index in [0.717, 1.165) is 25.7 Å². The van der Waals surface area contributed by atoms with Gasteiger partial charge in [0.05, 0.1) is 24.9 Å². The molecule has 3 atom stereocenters. The van der Waals surface area contributed by atoms with Crippen LogP contribution >= 0.6 is 0 Å². The van der Waals surface area contributed by atoms with Gasteiger partial charge in [0.2, 0.25) is 5.91 Å². The summed E-state index contributed by atoms with van der Waals surface area (Å²) in [5.41, 5.74) is 0. The highest BCUT2D eigenvalue weighted by atomic mass is 16.5. The molecule has 112 valence electrons. The highest BCUT2D eigenvalue weighted by Gasteiger charge is 2.42. The quantitative estimate of drug-likeness (QED) is 0.736. The average Bonchev–Trinajstić information content (AvgIpc) is 2.64. The maximum absolute atomic E-state index is 12.6. The number of rotatable bonds is 8. The molecular formula is C15H30N2O2. The maximum Gasteiger partial charge on any atom is 0.241 e. The lowest BCUT2D eigenvalue weighted by Crippen LogP contribution is -2.49. The van der Waals surface area contributed by atoms with E-state index in [9.17, 15) is 4.79 Å². The van der Waals surface area contributed by atoms with E-state index in [0.29, 0.717) is 12.5 Å². The Balaban J connectivity index is 2.87. The molecular weight excluding hydrogens is 240 g/mol. The van der Waals surface area contributed by atoms with Gasteiger partial charge in [-0.2, -0.15) is 0 Å². The Morgan fingerprint density at radius 1 is 1.26 bits per heavy atom. The summed E-state index contributed by atoms with van der Waals surface area (Å²) in [4.78, 5) is 14.7. The zero-order valence-electron chi connectivity index (χ0n) is 13.1. The lowest BCUT2D eigenvalue weighted by Gasteiger charge is -2.35. The molecule has 1 N–H and O–H groups in total. The first kappa shape index (κ1) is 16.4. The zero-order valence-corrected chi connectivity index (χ0v) is 13.1. The Bertz CT molecular complexity index is 281. The minimum atomic E-state index is -0.000318. The molecule has 19 heavy (non-hydrogen) atoms. The number of carbonyl (C=O) groups is 1. The first-order chi connectivity index (χ1) is 9.06. The van der Waals surface area contributed by atoms with E-state index in [4.69, 9.17) is 4.74 Å². The lowest BCUT2D eigenvalue weighted by molar-refractivity contribution is -0.134. The van der Waals surface area contributed by atoms with Crippen LogP contribution < -0.4 is 5.32 Å². The minimum absolute atomic E-state index is 0.000318. The standard InChI is InChI=1S/C15H30N2O2/c1-6-8-12-15(18)17(14(16-12)9-7-2)13(10-19-5)11(3)4/h11-14,16H,6-10H2,1-5H3. The van der Waals surface area contributed by atoms with Crippen LogP contribution in [0.4, 0.5) is 0 Å². The van der Waals surface area contributed by atoms with Crippen LogP contribution in [0.3, 0.4) is 0 Å². The summed E-state index contributed by atoms with van der Waals surface area (Å²) in [6, 6.07) is 0.170. The van der Waals surface area contributed by atoms with Crippen LogP contribution in [0.2, 0.25) is 0 Å². The van der Waals surface area contributed by atoms with Gasteiger partial charge in [0.15, 0.2) is 0 Å². The molecule has 1 saturated heterocycles. The van der Waals surface area contributed by atoms with Gasteiger partial charge in [-0.3, -0.25) is 10.1 Å². The van der Waals surface area contributed by atoms with E-state index in [2.05, 4.69) is 37.9 Å². The molecule has 0 aliphatic carbocycles. The largest absolute Gasteiger partial charge is 0.383 e. The van der Waals surface area contributed by atoms with E-state index >= 15 is 0 Å². The number of hydrogen-bond donors (Lipinski definition) is 1. The summed E-state index contributed by atoms with van der Waals surface area (Å²) < 4.78 is 5.33. The Morgan fingerprint density at radius 2 is 1.89 bits per heavy atom. The van der Waals surface area contributed by atoms with Crippen molar-refractivity contribution in [1.29, 1.82) is 0 Å². The van der Waals surface area contributed by atoms with E-state index in [1.807, 2.05) is 0 Å². The minimum Gasteiger partial charge on any atom is -0.383 e. The summed E-state index contributed by atoms with van der Waals surface area (Å²) in [7, 11) is 1.71. The molecule has 1 amide bonds. The van der Waals surface area contributed by atoms with E-state index in [-0.39, 0.29) is 24.2 Å². The van der Waals surface area contributed by atoms with Crippen LogP contribution in [0.1, 0.15) is 53.4 Å². The molecule has 1 heterocycles. The van der Waals surface area contributed by atoms with Gasteiger partial charge in [0.25, 0.3) is 0 Å². The second-order valence-electron chi connectivity index (χ2n) is 5.82. The normalized spacial score (nSPS) is 25.4. The number of nitrogens with zero attached hydrogens (tertiary/aromatic N) is 1. The molecule has 1 aliphatic heterocycles. The van der Waals surface area contributed by atoms with E-state index in [1.165, 1.54) is 0 Å². The fourth-order valence-corrected chi connectivity index (χ4v) is 2.87. The summed E-state index contributed by atoms with van der Waals surface area (Å²) in [6.45, 7) is 9.23. The number of methoxy groups -OCH3 is 1. The molecule has 0 spiro atoms. The molecule has 1 rings (SSSR count). The van der Waals surface area contributed by atoms with Gasteiger partial charge in [-0.1, -0.05) is 40.5 Å². The summed E-state index contributed by atoms with van der Waals surface area (Å²) in [5.74, 6) is 0.668. The van der Waals surface area contributed by atoms with Crippen LogP contribution in [-0.2, 0) is 9.53 Å². The van der Waals surface area contributed by atoms with Crippen molar-refractivity contribution in [2.75, 3.05) is 13.7 Å². The van der Waals surface area contributed by atoms with Crippen LogP contribution in [0.5, 0.6) is 0 Å². The molecule has 0 aromatic heterocycles. The number of nitrogens with one attached hydrogen (secondary N) is 1. The molecule has 0 bridgehead atoms. The van der Waals surface area contributed by atoms with Gasteiger partial charge < -0.3 is 9.64 Å². The Labute approximate surface area is 117 Å². The summed E-state index contributed by atoms with van der Waals surface area (Å²) >= 11 is 0. The first-order valence-electron chi connectivity index (χ1n) is 7.63. The molecule has 0 aromatic carbocycles. The smallest absolute Gasteiger partial charge is 0.241 e. The Kier molecular flexibility index (Phi) is 6.80.